The van der Waals surface area contributed by atoms with E-state index < -0.39 is 0 Å². The van der Waals surface area contributed by atoms with Crippen LogP contribution < -0.4 is 16.0 Å². The van der Waals surface area contributed by atoms with Crippen LogP contribution in [0, 0.1) is 13.8 Å². The predicted molar refractivity (Wildman–Crippen MR) is 129 cm³/mol. The molecule has 1 aromatic heterocycles. The zero-order valence-corrected chi connectivity index (χ0v) is 20.1. The Balaban J connectivity index is 0.00000392. The van der Waals surface area contributed by atoms with Gasteiger partial charge in [0, 0.05) is 43.5 Å². The van der Waals surface area contributed by atoms with Gasteiger partial charge >= 0.3 is 0 Å². The van der Waals surface area contributed by atoms with E-state index in [0.717, 1.165) is 47.3 Å². The summed E-state index contributed by atoms with van der Waals surface area (Å²) in [6.45, 7) is 7.59. The largest absolute Gasteiger partial charge is 0.356 e. The number of hydrogen-bond acceptors (Lipinski definition) is 4. The second-order valence-electron chi connectivity index (χ2n) is 6.35. The van der Waals surface area contributed by atoms with Gasteiger partial charge in [0.05, 0.1) is 10.7 Å². The number of amides is 1. The lowest BCUT2D eigenvalue weighted by molar-refractivity contribution is -0.116. The summed E-state index contributed by atoms with van der Waals surface area (Å²) in [6.07, 6.45) is 2.28. The van der Waals surface area contributed by atoms with Crippen molar-refractivity contribution in [1.82, 2.24) is 15.6 Å². The first-order valence-corrected chi connectivity index (χ1v) is 10.1. The summed E-state index contributed by atoms with van der Waals surface area (Å²) >= 11 is 1.75. The summed E-state index contributed by atoms with van der Waals surface area (Å²) < 4.78 is 0. The van der Waals surface area contributed by atoms with Crippen molar-refractivity contribution in [1.29, 1.82) is 0 Å². The average Bonchev–Trinajstić information content (AvgIpc) is 2.97. The summed E-state index contributed by atoms with van der Waals surface area (Å²) in [6, 6.07) is 7.85. The van der Waals surface area contributed by atoms with Crippen LogP contribution in [0.3, 0.4) is 0 Å². The molecule has 2 rings (SSSR count). The third kappa shape index (κ3) is 8.14. The van der Waals surface area contributed by atoms with Gasteiger partial charge in [-0.25, -0.2) is 4.98 Å². The second kappa shape index (κ2) is 12.7. The summed E-state index contributed by atoms with van der Waals surface area (Å²) in [5, 5.41) is 10.7. The number of hydrogen-bond donors (Lipinski definition) is 3. The molecule has 1 aromatic carbocycles. The molecule has 6 nitrogen and oxygen atoms in total. The fourth-order valence-electron chi connectivity index (χ4n) is 2.50. The number of guanidine groups is 1. The molecule has 0 aliphatic rings. The highest BCUT2D eigenvalue weighted by atomic mass is 127. The Hall–Kier alpha value is -1.68. The summed E-state index contributed by atoms with van der Waals surface area (Å²) in [5.41, 5.74) is 3.07. The Kier molecular flexibility index (Phi) is 11.1. The molecule has 8 heteroatoms. The Bertz CT molecular complexity index is 754. The van der Waals surface area contributed by atoms with Crippen molar-refractivity contribution in [2.24, 2.45) is 4.99 Å². The number of aryl methyl sites for hydroxylation is 2. The van der Waals surface area contributed by atoms with Crippen molar-refractivity contribution in [2.45, 2.75) is 46.6 Å². The summed E-state index contributed by atoms with van der Waals surface area (Å²) in [7, 11) is 1.76. The van der Waals surface area contributed by atoms with Gasteiger partial charge in [-0.3, -0.25) is 9.79 Å². The number of aromatic nitrogens is 1. The molecule has 0 aliphatic heterocycles. The van der Waals surface area contributed by atoms with Gasteiger partial charge in [0.2, 0.25) is 5.91 Å². The Morgan fingerprint density at radius 2 is 1.89 bits per heavy atom. The number of anilines is 1. The highest BCUT2D eigenvalue weighted by Crippen LogP contribution is 2.16. The molecular weight excluding hydrogens is 485 g/mol. The van der Waals surface area contributed by atoms with Gasteiger partial charge in [-0.05, 0) is 38.0 Å². The van der Waals surface area contributed by atoms with E-state index in [4.69, 9.17) is 0 Å². The smallest absolute Gasteiger partial charge is 0.224 e. The SMILES string of the molecule is CCCC(=O)Nc1ccc(CNC(=NC)NCCc2nc(C)c(C)s2)cc1.I. The lowest BCUT2D eigenvalue weighted by atomic mass is 10.2. The monoisotopic (exact) mass is 515 g/mol. The average molecular weight is 515 g/mol. The van der Waals surface area contributed by atoms with Crippen molar-refractivity contribution >= 4 is 52.9 Å². The van der Waals surface area contributed by atoms with Crippen molar-refractivity contribution in [2.75, 3.05) is 18.9 Å². The van der Waals surface area contributed by atoms with Crippen LogP contribution in [0.25, 0.3) is 0 Å². The topological polar surface area (TPSA) is 78.4 Å². The van der Waals surface area contributed by atoms with E-state index in [9.17, 15) is 4.79 Å². The van der Waals surface area contributed by atoms with Crippen LogP contribution in [-0.2, 0) is 17.8 Å². The number of rotatable bonds is 8. The van der Waals surface area contributed by atoms with Crippen LogP contribution in [0.1, 0.15) is 40.9 Å². The predicted octanol–water partition coefficient (Wildman–Crippen LogP) is 4.02. The number of carbonyl (C=O) groups excluding carboxylic acids is 1. The molecule has 0 fully saturated rings. The van der Waals surface area contributed by atoms with E-state index in [1.54, 1.807) is 18.4 Å². The number of carbonyl (C=O) groups is 1. The van der Waals surface area contributed by atoms with Crippen LogP contribution in [-0.4, -0.2) is 30.4 Å². The molecule has 1 heterocycles. The van der Waals surface area contributed by atoms with E-state index in [2.05, 4.69) is 32.9 Å². The fraction of sp³-hybridized carbons (Fsp3) is 0.450. The molecule has 0 spiro atoms. The first-order chi connectivity index (χ1) is 13.0. The highest BCUT2D eigenvalue weighted by Gasteiger charge is 2.05. The number of nitrogens with zero attached hydrogens (tertiary/aromatic N) is 2. The van der Waals surface area contributed by atoms with Crippen molar-refractivity contribution in [3.8, 4) is 0 Å². The Morgan fingerprint density at radius 3 is 2.46 bits per heavy atom. The number of halogens is 1. The molecule has 0 saturated carbocycles. The first-order valence-electron chi connectivity index (χ1n) is 9.28. The van der Waals surface area contributed by atoms with Gasteiger partial charge in [0.15, 0.2) is 5.96 Å². The van der Waals surface area contributed by atoms with Crippen LogP contribution in [0.2, 0.25) is 0 Å². The number of benzene rings is 1. The van der Waals surface area contributed by atoms with Crippen LogP contribution in [0.5, 0.6) is 0 Å². The van der Waals surface area contributed by atoms with E-state index in [-0.39, 0.29) is 29.9 Å². The Morgan fingerprint density at radius 1 is 1.18 bits per heavy atom. The minimum atomic E-state index is 0. The van der Waals surface area contributed by atoms with Gasteiger partial charge in [0.1, 0.15) is 0 Å². The maximum Gasteiger partial charge on any atom is 0.224 e. The van der Waals surface area contributed by atoms with Crippen molar-refractivity contribution < 1.29 is 4.79 Å². The van der Waals surface area contributed by atoms with Gasteiger partial charge < -0.3 is 16.0 Å². The molecule has 0 radical (unpaired) electrons. The zero-order valence-electron chi connectivity index (χ0n) is 17.0. The van der Waals surface area contributed by atoms with Gasteiger partial charge in [-0.2, -0.15) is 0 Å². The van der Waals surface area contributed by atoms with Crippen molar-refractivity contribution in [3.05, 3.63) is 45.4 Å². The lowest BCUT2D eigenvalue weighted by Gasteiger charge is -2.12. The summed E-state index contributed by atoms with van der Waals surface area (Å²) in [4.78, 5) is 21.7. The normalized spacial score (nSPS) is 10.9. The van der Waals surface area contributed by atoms with Crippen LogP contribution in [0.15, 0.2) is 29.3 Å². The minimum absolute atomic E-state index is 0. The second-order valence-corrected chi connectivity index (χ2v) is 7.63. The molecule has 0 saturated heterocycles. The van der Waals surface area contributed by atoms with Crippen LogP contribution >= 0.6 is 35.3 Å². The van der Waals surface area contributed by atoms with E-state index in [0.29, 0.717) is 13.0 Å². The molecule has 2 aromatic rings. The first kappa shape index (κ1) is 24.4. The van der Waals surface area contributed by atoms with E-state index in [1.165, 1.54) is 4.88 Å². The molecular formula is C20H30IN5OS. The number of thiazole rings is 1. The molecule has 28 heavy (non-hydrogen) atoms. The van der Waals surface area contributed by atoms with Gasteiger partial charge in [-0.15, -0.1) is 35.3 Å². The quantitative estimate of drug-likeness (QED) is 0.282. The highest BCUT2D eigenvalue weighted by molar-refractivity contribution is 14.0. The standard InChI is InChI=1S/C20H29N5OS.HI/c1-5-6-18(26)25-17-9-7-16(8-10-17)13-23-20(21-4)22-12-11-19-24-14(2)15(3)27-19;/h7-10H,5-6,11-13H2,1-4H3,(H,25,26)(H2,21,22,23);1H. The number of aliphatic imine (C=N–C) groups is 1. The zero-order chi connectivity index (χ0) is 19.6. The molecule has 3 N–H and O–H groups in total. The molecule has 0 aliphatic carbocycles. The maximum absolute atomic E-state index is 11.6. The third-order valence-electron chi connectivity index (χ3n) is 4.10. The number of nitrogens with one attached hydrogen (secondary N) is 3. The van der Waals surface area contributed by atoms with Gasteiger partial charge in [0.25, 0.3) is 0 Å². The molecule has 154 valence electrons. The molecule has 0 unspecified atom stereocenters. The minimum Gasteiger partial charge on any atom is -0.356 e. The third-order valence-corrected chi connectivity index (χ3v) is 5.24. The van der Waals surface area contributed by atoms with Crippen LogP contribution in [0.4, 0.5) is 5.69 Å². The lowest BCUT2D eigenvalue weighted by Crippen LogP contribution is -2.37. The van der Waals surface area contributed by atoms with Gasteiger partial charge in [-0.1, -0.05) is 19.1 Å². The molecule has 0 atom stereocenters. The Labute approximate surface area is 188 Å². The molecule has 0 bridgehead atoms. The van der Waals surface area contributed by atoms with E-state index in [1.807, 2.05) is 38.1 Å². The fourth-order valence-corrected chi connectivity index (χ4v) is 3.43. The molecule has 1 amide bonds. The van der Waals surface area contributed by atoms with E-state index >= 15 is 0 Å². The van der Waals surface area contributed by atoms with Crippen molar-refractivity contribution in [3.63, 3.8) is 0 Å². The maximum atomic E-state index is 11.6. The summed E-state index contributed by atoms with van der Waals surface area (Å²) in [5.74, 6) is 0.818.